The first-order chi connectivity index (χ1) is 7.18. The molecule has 1 fully saturated rings. The zero-order chi connectivity index (χ0) is 11.1. The van der Waals surface area contributed by atoms with E-state index in [2.05, 4.69) is 17.5 Å². The summed E-state index contributed by atoms with van der Waals surface area (Å²) in [5, 5.41) is 2.83. The van der Waals surface area contributed by atoms with Gasteiger partial charge < -0.3 is 11.1 Å². The second-order valence-electron chi connectivity index (χ2n) is 4.29. The minimum atomic E-state index is -0.0473. The molecule has 86 valence electrons. The van der Waals surface area contributed by atoms with Crippen molar-refractivity contribution in [2.75, 3.05) is 6.54 Å². The third kappa shape index (κ3) is 5.72. The van der Waals surface area contributed by atoms with Crippen LogP contribution in [0.15, 0.2) is 0 Å². The molecule has 1 aliphatic carbocycles. The molecule has 0 saturated heterocycles. The van der Waals surface area contributed by atoms with Crippen LogP contribution in [0.4, 0.5) is 0 Å². The molecule has 3 N–H and O–H groups in total. The van der Waals surface area contributed by atoms with E-state index < -0.39 is 0 Å². The number of carbonyl (C=O) groups is 1. The molecule has 0 aromatic carbocycles. The van der Waals surface area contributed by atoms with Crippen LogP contribution >= 0.6 is 12.2 Å². The van der Waals surface area contributed by atoms with Gasteiger partial charge in [0.15, 0.2) is 0 Å². The molecule has 15 heavy (non-hydrogen) atoms. The Labute approximate surface area is 96.8 Å². The number of rotatable bonds is 6. The molecule has 1 saturated carbocycles. The van der Waals surface area contributed by atoms with Crippen molar-refractivity contribution in [3.63, 3.8) is 0 Å². The lowest BCUT2D eigenvalue weighted by Gasteiger charge is -2.08. The van der Waals surface area contributed by atoms with Gasteiger partial charge in [-0.25, -0.2) is 0 Å². The van der Waals surface area contributed by atoms with Crippen molar-refractivity contribution in [1.29, 1.82) is 0 Å². The summed E-state index contributed by atoms with van der Waals surface area (Å²) in [5.41, 5.74) is 5.27. The monoisotopic (exact) mass is 228 g/mol. The van der Waals surface area contributed by atoms with Crippen LogP contribution in [0.1, 0.15) is 44.9 Å². The molecule has 0 aromatic heterocycles. The van der Waals surface area contributed by atoms with Crippen molar-refractivity contribution in [2.45, 2.75) is 44.9 Å². The Bertz CT molecular complexity index is 225. The lowest BCUT2D eigenvalue weighted by atomic mass is 10.0. The van der Waals surface area contributed by atoms with E-state index in [0.717, 1.165) is 18.9 Å². The summed E-state index contributed by atoms with van der Waals surface area (Å²) in [6.07, 6.45) is 8.03. The fourth-order valence-corrected chi connectivity index (χ4v) is 2.27. The Morgan fingerprint density at radius 1 is 1.40 bits per heavy atom. The van der Waals surface area contributed by atoms with E-state index >= 15 is 0 Å². The quantitative estimate of drug-likeness (QED) is 0.538. The SMILES string of the molecule is NC(=S)CC(=O)NCCCC1CCCC1. The minimum absolute atomic E-state index is 0.0473. The largest absolute Gasteiger partial charge is 0.393 e. The Morgan fingerprint density at radius 2 is 2.07 bits per heavy atom. The van der Waals surface area contributed by atoms with Crippen molar-refractivity contribution >= 4 is 23.1 Å². The van der Waals surface area contributed by atoms with E-state index in [0.29, 0.717) is 0 Å². The smallest absolute Gasteiger partial charge is 0.226 e. The minimum Gasteiger partial charge on any atom is -0.393 e. The molecule has 0 heterocycles. The van der Waals surface area contributed by atoms with Crippen molar-refractivity contribution in [3.8, 4) is 0 Å². The van der Waals surface area contributed by atoms with Crippen LogP contribution in [-0.2, 0) is 4.79 Å². The van der Waals surface area contributed by atoms with Crippen LogP contribution in [0, 0.1) is 5.92 Å². The number of hydrogen-bond donors (Lipinski definition) is 2. The highest BCUT2D eigenvalue weighted by atomic mass is 32.1. The number of amides is 1. The Hall–Kier alpha value is -0.640. The predicted molar refractivity (Wildman–Crippen MR) is 65.6 cm³/mol. The van der Waals surface area contributed by atoms with Crippen molar-refractivity contribution in [2.24, 2.45) is 11.7 Å². The summed E-state index contributed by atoms with van der Waals surface area (Å²) in [6, 6.07) is 0. The molecule has 0 radical (unpaired) electrons. The molecule has 0 bridgehead atoms. The first-order valence-electron chi connectivity index (χ1n) is 5.73. The molecule has 3 nitrogen and oxygen atoms in total. The van der Waals surface area contributed by atoms with Crippen LogP contribution < -0.4 is 11.1 Å². The van der Waals surface area contributed by atoms with E-state index in [9.17, 15) is 4.79 Å². The summed E-state index contributed by atoms with van der Waals surface area (Å²) in [5.74, 6) is 0.853. The average Bonchev–Trinajstić information content (AvgIpc) is 2.63. The van der Waals surface area contributed by atoms with Crippen LogP contribution in [0.3, 0.4) is 0 Å². The molecule has 1 rings (SSSR count). The first kappa shape index (κ1) is 12.4. The highest BCUT2D eigenvalue weighted by Gasteiger charge is 2.14. The molecule has 0 spiro atoms. The van der Waals surface area contributed by atoms with Gasteiger partial charge in [0.2, 0.25) is 5.91 Å². The van der Waals surface area contributed by atoms with E-state index in [1.54, 1.807) is 0 Å². The highest BCUT2D eigenvalue weighted by molar-refractivity contribution is 7.80. The Morgan fingerprint density at radius 3 is 2.67 bits per heavy atom. The molecule has 4 heteroatoms. The second-order valence-corrected chi connectivity index (χ2v) is 4.81. The molecular weight excluding hydrogens is 208 g/mol. The maximum atomic E-state index is 11.2. The van der Waals surface area contributed by atoms with Gasteiger partial charge in [-0.05, 0) is 18.8 Å². The van der Waals surface area contributed by atoms with E-state index in [4.69, 9.17) is 5.73 Å². The fourth-order valence-electron chi connectivity index (χ4n) is 2.14. The molecule has 0 aliphatic heterocycles. The molecule has 0 unspecified atom stereocenters. The van der Waals surface area contributed by atoms with Crippen molar-refractivity contribution in [1.82, 2.24) is 5.32 Å². The van der Waals surface area contributed by atoms with Gasteiger partial charge in [0.1, 0.15) is 0 Å². The Kier molecular flexibility index (Phi) is 5.61. The maximum Gasteiger partial charge on any atom is 0.226 e. The number of carbonyl (C=O) groups excluding carboxylic acids is 1. The summed E-state index contributed by atoms with van der Waals surface area (Å²) in [4.78, 5) is 11.4. The normalized spacial score (nSPS) is 16.5. The van der Waals surface area contributed by atoms with Crippen LogP contribution in [0.25, 0.3) is 0 Å². The number of nitrogens with two attached hydrogens (primary N) is 1. The standard InChI is InChI=1S/C11H20N2OS/c12-10(15)8-11(14)13-7-3-6-9-4-1-2-5-9/h9H,1-8H2,(H2,12,15)(H,13,14). The molecule has 1 amide bonds. The van der Waals surface area contributed by atoms with Gasteiger partial charge in [0.05, 0.1) is 11.4 Å². The summed E-state index contributed by atoms with van der Waals surface area (Å²) >= 11 is 4.65. The van der Waals surface area contributed by atoms with Crippen LogP contribution in [-0.4, -0.2) is 17.4 Å². The molecule has 0 aromatic rings. The van der Waals surface area contributed by atoms with E-state index in [1.807, 2.05) is 0 Å². The van der Waals surface area contributed by atoms with Gasteiger partial charge in [0.25, 0.3) is 0 Å². The van der Waals surface area contributed by atoms with E-state index in [1.165, 1.54) is 32.1 Å². The lowest BCUT2D eigenvalue weighted by molar-refractivity contribution is -0.119. The molecular formula is C11H20N2OS. The van der Waals surface area contributed by atoms with Crippen LogP contribution in [0.5, 0.6) is 0 Å². The number of thiocarbonyl (C=S) groups is 1. The predicted octanol–water partition coefficient (Wildman–Crippen LogP) is 1.75. The van der Waals surface area contributed by atoms with Gasteiger partial charge in [-0.15, -0.1) is 0 Å². The fraction of sp³-hybridized carbons (Fsp3) is 0.818. The van der Waals surface area contributed by atoms with E-state index in [-0.39, 0.29) is 17.3 Å². The highest BCUT2D eigenvalue weighted by Crippen LogP contribution is 2.28. The van der Waals surface area contributed by atoms with Gasteiger partial charge in [0, 0.05) is 6.54 Å². The third-order valence-electron chi connectivity index (χ3n) is 2.92. The topological polar surface area (TPSA) is 55.1 Å². The molecule has 1 aliphatic rings. The third-order valence-corrected chi connectivity index (χ3v) is 3.07. The van der Waals surface area contributed by atoms with Gasteiger partial charge in [-0.2, -0.15) is 0 Å². The first-order valence-corrected chi connectivity index (χ1v) is 6.14. The van der Waals surface area contributed by atoms with Gasteiger partial charge >= 0.3 is 0 Å². The summed E-state index contributed by atoms with van der Waals surface area (Å²) in [7, 11) is 0. The zero-order valence-corrected chi connectivity index (χ0v) is 9.94. The Balaban J connectivity index is 1.96. The summed E-state index contributed by atoms with van der Waals surface area (Å²) < 4.78 is 0. The lowest BCUT2D eigenvalue weighted by Crippen LogP contribution is -2.28. The molecule has 0 atom stereocenters. The van der Waals surface area contributed by atoms with Crippen molar-refractivity contribution in [3.05, 3.63) is 0 Å². The second kappa shape index (κ2) is 6.77. The maximum absolute atomic E-state index is 11.2. The van der Waals surface area contributed by atoms with Crippen molar-refractivity contribution < 1.29 is 4.79 Å². The summed E-state index contributed by atoms with van der Waals surface area (Å²) in [6.45, 7) is 0.762. The van der Waals surface area contributed by atoms with Gasteiger partial charge in [-0.1, -0.05) is 37.9 Å². The van der Waals surface area contributed by atoms with Crippen LogP contribution in [0.2, 0.25) is 0 Å². The number of hydrogen-bond acceptors (Lipinski definition) is 2. The zero-order valence-electron chi connectivity index (χ0n) is 9.13. The average molecular weight is 228 g/mol. The van der Waals surface area contributed by atoms with Gasteiger partial charge in [-0.3, -0.25) is 4.79 Å². The number of nitrogens with one attached hydrogen (secondary N) is 1.